The van der Waals surface area contributed by atoms with Crippen molar-refractivity contribution < 1.29 is 24.2 Å². The van der Waals surface area contributed by atoms with Gasteiger partial charge >= 0.3 is 12.1 Å². The summed E-state index contributed by atoms with van der Waals surface area (Å²) < 4.78 is 5.32. The lowest BCUT2D eigenvalue weighted by molar-refractivity contribution is -0.151. The number of ether oxygens (including phenoxy) is 1. The van der Waals surface area contributed by atoms with Crippen LogP contribution in [-0.4, -0.2) is 52.2 Å². The van der Waals surface area contributed by atoms with Gasteiger partial charge in [-0.25, -0.2) is 9.59 Å². The number of piperidine rings is 1. The number of fused-ring (bicyclic) bond motifs is 1. The molecule has 1 aromatic rings. The molecule has 2 aliphatic rings. The summed E-state index contributed by atoms with van der Waals surface area (Å²) in [5.74, 6) is -1.25. The van der Waals surface area contributed by atoms with E-state index in [4.69, 9.17) is 4.74 Å². The Bertz CT molecular complexity index is 799. The molecular weight excluding hydrogens is 372 g/mol. The third-order valence-electron chi connectivity index (χ3n) is 6.02. The number of alkyl carbamates (subject to hydrolysis) is 1. The second-order valence-electron chi connectivity index (χ2n) is 9.62. The minimum atomic E-state index is -0.993. The van der Waals surface area contributed by atoms with Gasteiger partial charge in [0.1, 0.15) is 17.7 Å². The SMILES string of the molecule is CC(C)(C)OC(=O)N[C@@H](Cc1ccccc1)C(=O)N1C[C@H]2[C@@H]([C@H]1C(=O)O)C2(C)C. The Labute approximate surface area is 171 Å². The number of nitrogens with one attached hydrogen (secondary N) is 1. The Morgan fingerprint density at radius 3 is 2.41 bits per heavy atom. The number of hydrogen-bond acceptors (Lipinski definition) is 4. The number of aliphatic carboxylic acids is 1. The van der Waals surface area contributed by atoms with Crippen molar-refractivity contribution in [3.05, 3.63) is 35.9 Å². The van der Waals surface area contributed by atoms with E-state index in [1.807, 2.05) is 44.2 Å². The molecule has 0 unspecified atom stereocenters. The maximum absolute atomic E-state index is 13.3. The molecule has 158 valence electrons. The van der Waals surface area contributed by atoms with Gasteiger partial charge in [0.05, 0.1) is 0 Å². The fraction of sp³-hybridized carbons (Fsp3) is 0.591. The molecule has 1 aromatic carbocycles. The second kappa shape index (κ2) is 7.35. The molecule has 1 heterocycles. The molecule has 2 N–H and O–H groups in total. The summed E-state index contributed by atoms with van der Waals surface area (Å²) in [5.41, 5.74) is 0.0965. The number of carboxylic acids is 1. The van der Waals surface area contributed by atoms with Crippen LogP contribution in [0, 0.1) is 17.3 Å². The Morgan fingerprint density at radius 2 is 1.86 bits per heavy atom. The number of carbonyl (C=O) groups excluding carboxylic acids is 2. The van der Waals surface area contributed by atoms with Crippen LogP contribution in [0.2, 0.25) is 0 Å². The van der Waals surface area contributed by atoms with Gasteiger partial charge in [-0.15, -0.1) is 0 Å². The Kier molecular flexibility index (Phi) is 5.36. The Hall–Kier alpha value is -2.57. The van der Waals surface area contributed by atoms with Crippen LogP contribution in [0.4, 0.5) is 4.79 Å². The van der Waals surface area contributed by atoms with Gasteiger partial charge in [0.15, 0.2) is 0 Å². The lowest BCUT2D eigenvalue weighted by Crippen LogP contribution is -2.55. The summed E-state index contributed by atoms with van der Waals surface area (Å²) in [6.07, 6.45) is -0.427. The largest absolute Gasteiger partial charge is 0.480 e. The molecule has 0 aromatic heterocycles. The molecule has 0 spiro atoms. The van der Waals surface area contributed by atoms with E-state index < -0.39 is 29.7 Å². The van der Waals surface area contributed by atoms with Crippen molar-refractivity contribution >= 4 is 18.0 Å². The van der Waals surface area contributed by atoms with Crippen LogP contribution < -0.4 is 5.32 Å². The molecule has 2 fully saturated rings. The zero-order valence-corrected chi connectivity index (χ0v) is 17.6. The second-order valence-corrected chi connectivity index (χ2v) is 9.62. The number of nitrogens with zero attached hydrogens (tertiary/aromatic N) is 1. The molecule has 0 bridgehead atoms. The first-order chi connectivity index (χ1) is 13.4. The van der Waals surface area contributed by atoms with Gasteiger partial charge < -0.3 is 20.1 Å². The number of carbonyl (C=O) groups is 3. The van der Waals surface area contributed by atoms with E-state index in [0.29, 0.717) is 6.54 Å². The van der Waals surface area contributed by atoms with Crippen LogP contribution in [0.5, 0.6) is 0 Å². The minimum Gasteiger partial charge on any atom is -0.480 e. The van der Waals surface area contributed by atoms with Gasteiger partial charge in [0.25, 0.3) is 0 Å². The molecule has 3 rings (SSSR count). The summed E-state index contributed by atoms with van der Waals surface area (Å²) in [7, 11) is 0. The third kappa shape index (κ3) is 4.38. The van der Waals surface area contributed by atoms with Crippen LogP contribution in [0.15, 0.2) is 30.3 Å². The number of amides is 2. The van der Waals surface area contributed by atoms with Crippen LogP contribution in [0.3, 0.4) is 0 Å². The predicted molar refractivity (Wildman–Crippen MR) is 107 cm³/mol. The smallest absolute Gasteiger partial charge is 0.408 e. The molecule has 7 nitrogen and oxygen atoms in total. The monoisotopic (exact) mass is 402 g/mol. The number of benzene rings is 1. The zero-order chi connectivity index (χ0) is 21.6. The highest BCUT2D eigenvalue weighted by Gasteiger charge is 2.69. The van der Waals surface area contributed by atoms with Crippen molar-refractivity contribution in [2.45, 2.75) is 58.7 Å². The first kappa shape index (κ1) is 21.1. The van der Waals surface area contributed by atoms with Crippen LogP contribution in [0.1, 0.15) is 40.2 Å². The van der Waals surface area contributed by atoms with E-state index in [2.05, 4.69) is 5.32 Å². The molecule has 1 saturated carbocycles. The van der Waals surface area contributed by atoms with Gasteiger partial charge in [0.2, 0.25) is 5.91 Å². The Morgan fingerprint density at radius 1 is 1.24 bits per heavy atom. The maximum atomic E-state index is 13.3. The van der Waals surface area contributed by atoms with Crippen molar-refractivity contribution in [3.63, 3.8) is 0 Å². The van der Waals surface area contributed by atoms with E-state index in [-0.39, 0.29) is 29.6 Å². The standard InChI is InChI=1S/C22H30N2O5/c1-21(2,3)29-20(28)23-15(11-13-9-7-6-8-10-13)18(25)24-12-14-16(22(14,4)5)17(24)19(26)27/h6-10,14-17H,11-12H2,1-5H3,(H,23,28)(H,26,27)/t14-,15-,16-,17-/m0/s1. The molecule has 4 atom stereocenters. The van der Waals surface area contributed by atoms with Gasteiger partial charge in [-0.3, -0.25) is 4.79 Å². The van der Waals surface area contributed by atoms with E-state index in [1.54, 1.807) is 20.8 Å². The van der Waals surface area contributed by atoms with Crippen LogP contribution in [0.25, 0.3) is 0 Å². The minimum absolute atomic E-state index is 0.0529. The number of carboxylic acid groups (broad SMARTS) is 1. The average Bonchev–Trinajstić information content (AvgIpc) is 2.95. The number of hydrogen-bond donors (Lipinski definition) is 2. The van der Waals surface area contributed by atoms with Gasteiger partial charge in [-0.05, 0) is 37.7 Å². The summed E-state index contributed by atoms with van der Waals surface area (Å²) in [6.45, 7) is 9.72. The zero-order valence-electron chi connectivity index (χ0n) is 17.6. The molecule has 7 heteroatoms. The predicted octanol–water partition coefficient (Wildman–Crippen LogP) is 2.69. The van der Waals surface area contributed by atoms with Crippen molar-refractivity contribution in [2.75, 3.05) is 6.54 Å². The molecule has 1 aliphatic carbocycles. The summed E-state index contributed by atoms with van der Waals surface area (Å²) in [6, 6.07) is 7.58. The molecule has 29 heavy (non-hydrogen) atoms. The van der Waals surface area contributed by atoms with E-state index >= 15 is 0 Å². The van der Waals surface area contributed by atoms with Gasteiger partial charge in [0, 0.05) is 18.9 Å². The van der Waals surface area contributed by atoms with Crippen molar-refractivity contribution in [1.29, 1.82) is 0 Å². The lowest BCUT2D eigenvalue weighted by Gasteiger charge is -2.32. The average molecular weight is 402 g/mol. The number of rotatable bonds is 5. The highest BCUT2D eigenvalue weighted by molar-refractivity contribution is 5.91. The fourth-order valence-electron chi connectivity index (χ4n) is 4.50. The first-order valence-corrected chi connectivity index (χ1v) is 9.98. The van der Waals surface area contributed by atoms with Crippen LogP contribution in [-0.2, 0) is 20.7 Å². The van der Waals surface area contributed by atoms with Crippen LogP contribution >= 0.6 is 0 Å². The number of likely N-dealkylation sites (tertiary alicyclic amines) is 1. The highest BCUT2D eigenvalue weighted by Crippen LogP contribution is 2.64. The summed E-state index contributed by atoms with van der Waals surface area (Å²) >= 11 is 0. The Balaban J connectivity index is 1.80. The normalized spacial score (nSPS) is 25.7. The van der Waals surface area contributed by atoms with E-state index in [1.165, 1.54) is 4.90 Å². The quantitative estimate of drug-likeness (QED) is 0.789. The summed E-state index contributed by atoms with van der Waals surface area (Å²) in [5, 5.41) is 12.4. The van der Waals surface area contributed by atoms with Gasteiger partial charge in [-0.2, -0.15) is 0 Å². The fourth-order valence-corrected chi connectivity index (χ4v) is 4.50. The van der Waals surface area contributed by atoms with Crippen molar-refractivity contribution in [1.82, 2.24) is 10.2 Å². The first-order valence-electron chi connectivity index (χ1n) is 9.98. The lowest BCUT2D eigenvalue weighted by atomic mass is 9.99. The molecule has 2 amide bonds. The molecule has 0 radical (unpaired) electrons. The molecule has 1 aliphatic heterocycles. The molecule has 1 saturated heterocycles. The maximum Gasteiger partial charge on any atom is 0.408 e. The van der Waals surface area contributed by atoms with Crippen molar-refractivity contribution in [2.24, 2.45) is 17.3 Å². The van der Waals surface area contributed by atoms with Crippen molar-refractivity contribution in [3.8, 4) is 0 Å². The highest BCUT2D eigenvalue weighted by atomic mass is 16.6. The summed E-state index contributed by atoms with van der Waals surface area (Å²) in [4.78, 5) is 39.0. The van der Waals surface area contributed by atoms with E-state index in [9.17, 15) is 19.5 Å². The third-order valence-corrected chi connectivity index (χ3v) is 6.02. The van der Waals surface area contributed by atoms with Gasteiger partial charge in [-0.1, -0.05) is 44.2 Å². The van der Waals surface area contributed by atoms with E-state index in [0.717, 1.165) is 5.56 Å². The molecular formula is C22H30N2O5. The topological polar surface area (TPSA) is 95.9 Å².